The quantitative estimate of drug-likeness (QED) is 0.738. The molecule has 0 saturated carbocycles. The highest BCUT2D eigenvalue weighted by Gasteiger charge is 2.07. The summed E-state index contributed by atoms with van der Waals surface area (Å²) in [5.74, 6) is 0.182. The zero-order valence-corrected chi connectivity index (χ0v) is 11.2. The highest BCUT2D eigenvalue weighted by molar-refractivity contribution is 5.97. The monoisotopic (exact) mass is 238 g/mol. The fourth-order valence-electron chi connectivity index (χ4n) is 1.91. The van der Waals surface area contributed by atoms with Crippen molar-refractivity contribution in [2.75, 3.05) is 0 Å². The first kappa shape index (κ1) is 12.6. The van der Waals surface area contributed by atoms with Crippen molar-refractivity contribution in [3.8, 4) is 0 Å². The molecule has 0 fully saturated rings. The van der Waals surface area contributed by atoms with Crippen molar-refractivity contribution in [3.63, 3.8) is 0 Å². The van der Waals surface area contributed by atoms with Gasteiger partial charge in [-0.2, -0.15) is 0 Å². The van der Waals surface area contributed by atoms with E-state index in [0.717, 1.165) is 11.1 Å². The van der Waals surface area contributed by atoms with E-state index in [4.69, 9.17) is 0 Å². The highest BCUT2D eigenvalue weighted by atomic mass is 16.1. The summed E-state index contributed by atoms with van der Waals surface area (Å²) in [6.07, 6.45) is 0.475. The maximum Gasteiger partial charge on any atom is 0.167 e. The lowest BCUT2D eigenvalue weighted by Gasteiger charge is -2.05. The number of hydrogen-bond donors (Lipinski definition) is 0. The van der Waals surface area contributed by atoms with Crippen LogP contribution in [-0.2, 0) is 6.42 Å². The lowest BCUT2D eigenvalue weighted by atomic mass is 9.99. The second kappa shape index (κ2) is 5.18. The summed E-state index contributed by atoms with van der Waals surface area (Å²) < 4.78 is 0. The summed E-state index contributed by atoms with van der Waals surface area (Å²) in [6.45, 7) is 6.15. The van der Waals surface area contributed by atoms with Crippen molar-refractivity contribution < 1.29 is 4.79 Å². The van der Waals surface area contributed by atoms with Gasteiger partial charge in [-0.05, 0) is 43.5 Å². The SMILES string of the molecule is Cc1ccc(CC(=O)c2ccc(C)c(C)c2)cc1. The maximum atomic E-state index is 12.2. The van der Waals surface area contributed by atoms with Crippen LogP contribution in [0.3, 0.4) is 0 Å². The number of carbonyl (C=O) groups excluding carboxylic acids is 1. The first-order valence-corrected chi connectivity index (χ1v) is 6.22. The molecular weight excluding hydrogens is 220 g/mol. The van der Waals surface area contributed by atoms with E-state index in [2.05, 4.69) is 13.8 Å². The Hall–Kier alpha value is -1.89. The molecule has 0 spiro atoms. The predicted octanol–water partition coefficient (Wildman–Crippen LogP) is 4.04. The zero-order valence-electron chi connectivity index (χ0n) is 11.2. The van der Waals surface area contributed by atoms with E-state index >= 15 is 0 Å². The molecular formula is C17H18O. The number of hydrogen-bond acceptors (Lipinski definition) is 1. The Morgan fingerprint density at radius 2 is 1.56 bits per heavy atom. The molecule has 0 unspecified atom stereocenters. The van der Waals surface area contributed by atoms with E-state index in [1.807, 2.05) is 49.4 Å². The minimum atomic E-state index is 0.182. The maximum absolute atomic E-state index is 12.2. The van der Waals surface area contributed by atoms with E-state index in [9.17, 15) is 4.79 Å². The molecule has 92 valence electrons. The number of rotatable bonds is 3. The number of carbonyl (C=O) groups is 1. The Morgan fingerprint density at radius 1 is 0.889 bits per heavy atom. The Bertz CT molecular complexity index is 565. The Morgan fingerprint density at radius 3 is 2.17 bits per heavy atom. The van der Waals surface area contributed by atoms with Crippen LogP contribution in [0.1, 0.15) is 32.6 Å². The van der Waals surface area contributed by atoms with Crippen molar-refractivity contribution in [1.29, 1.82) is 0 Å². The van der Waals surface area contributed by atoms with Crippen molar-refractivity contribution >= 4 is 5.78 Å². The van der Waals surface area contributed by atoms with E-state index in [-0.39, 0.29) is 5.78 Å². The van der Waals surface area contributed by atoms with Gasteiger partial charge in [0.2, 0.25) is 0 Å². The normalized spacial score (nSPS) is 10.4. The van der Waals surface area contributed by atoms with E-state index in [1.165, 1.54) is 16.7 Å². The first-order valence-electron chi connectivity index (χ1n) is 6.22. The van der Waals surface area contributed by atoms with Crippen molar-refractivity contribution in [3.05, 3.63) is 70.3 Å². The van der Waals surface area contributed by atoms with Crippen molar-refractivity contribution in [2.45, 2.75) is 27.2 Å². The number of aryl methyl sites for hydroxylation is 3. The molecule has 1 heteroatoms. The van der Waals surface area contributed by atoms with E-state index in [1.54, 1.807) is 0 Å². The largest absolute Gasteiger partial charge is 0.294 e. The number of ketones is 1. The lowest BCUT2D eigenvalue weighted by Crippen LogP contribution is -2.04. The minimum Gasteiger partial charge on any atom is -0.294 e. The molecule has 0 atom stereocenters. The van der Waals surface area contributed by atoms with Crippen LogP contribution in [0, 0.1) is 20.8 Å². The summed E-state index contributed by atoms with van der Waals surface area (Å²) in [4.78, 5) is 12.2. The van der Waals surface area contributed by atoms with Gasteiger partial charge < -0.3 is 0 Å². The van der Waals surface area contributed by atoms with Gasteiger partial charge in [-0.3, -0.25) is 4.79 Å². The summed E-state index contributed by atoms with van der Waals surface area (Å²) in [7, 11) is 0. The third-order valence-electron chi connectivity index (χ3n) is 3.31. The molecule has 18 heavy (non-hydrogen) atoms. The Balaban J connectivity index is 2.16. The molecule has 0 aliphatic rings. The van der Waals surface area contributed by atoms with E-state index < -0.39 is 0 Å². The molecule has 2 aromatic rings. The summed E-state index contributed by atoms with van der Waals surface area (Å²) in [5, 5.41) is 0. The van der Waals surface area contributed by atoms with Crippen LogP contribution in [0.5, 0.6) is 0 Å². The topological polar surface area (TPSA) is 17.1 Å². The van der Waals surface area contributed by atoms with Gasteiger partial charge in [-0.25, -0.2) is 0 Å². The van der Waals surface area contributed by atoms with Gasteiger partial charge in [0.05, 0.1) is 0 Å². The van der Waals surface area contributed by atoms with Gasteiger partial charge in [-0.15, -0.1) is 0 Å². The third kappa shape index (κ3) is 2.86. The van der Waals surface area contributed by atoms with Gasteiger partial charge in [-0.1, -0.05) is 42.0 Å². The molecule has 0 bridgehead atoms. The number of Topliss-reactive ketones (excluding diaryl/α,β-unsaturated/α-hetero) is 1. The Kier molecular flexibility index (Phi) is 3.61. The molecule has 2 aromatic carbocycles. The fourth-order valence-corrected chi connectivity index (χ4v) is 1.91. The lowest BCUT2D eigenvalue weighted by molar-refractivity contribution is 0.0993. The number of benzene rings is 2. The van der Waals surface area contributed by atoms with Crippen molar-refractivity contribution in [2.24, 2.45) is 0 Å². The first-order chi connectivity index (χ1) is 8.56. The van der Waals surface area contributed by atoms with Gasteiger partial charge in [0.1, 0.15) is 0 Å². The fraction of sp³-hybridized carbons (Fsp3) is 0.235. The summed E-state index contributed by atoms with van der Waals surface area (Å²) in [5.41, 5.74) is 5.49. The minimum absolute atomic E-state index is 0.182. The third-order valence-corrected chi connectivity index (χ3v) is 3.31. The second-order valence-electron chi connectivity index (χ2n) is 4.88. The van der Waals surface area contributed by atoms with Crippen LogP contribution < -0.4 is 0 Å². The molecule has 1 nitrogen and oxygen atoms in total. The van der Waals surface area contributed by atoms with Gasteiger partial charge in [0.25, 0.3) is 0 Å². The average molecular weight is 238 g/mol. The summed E-state index contributed by atoms with van der Waals surface area (Å²) >= 11 is 0. The molecule has 0 radical (unpaired) electrons. The van der Waals surface area contributed by atoms with E-state index in [0.29, 0.717) is 6.42 Å². The van der Waals surface area contributed by atoms with Gasteiger partial charge >= 0.3 is 0 Å². The molecule has 2 rings (SSSR count). The Labute approximate surface area is 108 Å². The molecule has 0 aliphatic heterocycles. The predicted molar refractivity (Wildman–Crippen MR) is 75.1 cm³/mol. The van der Waals surface area contributed by atoms with Crippen molar-refractivity contribution in [1.82, 2.24) is 0 Å². The van der Waals surface area contributed by atoms with Crippen LogP contribution in [0.25, 0.3) is 0 Å². The molecule has 0 aliphatic carbocycles. The molecule has 0 N–H and O–H groups in total. The molecule has 0 heterocycles. The van der Waals surface area contributed by atoms with Crippen LogP contribution in [0.15, 0.2) is 42.5 Å². The average Bonchev–Trinajstić information content (AvgIpc) is 2.35. The van der Waals surface area contributed by atoms with Crippen LogP contribution in [0.4, 0.5) is 0 Å². The van der Waals surface area contributed by atoms with Crippen LogP contribution in [-0.4, -0.2) is 5.78 Å². The van der Waals surface area contributed by atoms with Crippen LogP contribution in [0.2, 0.25) is 0 Å². The smallest absolute Gasteiger partial charge is 0.167 e. The van der Waals surface area contributed by atoms with Crippen LogP contribution >= 0.6 is 0 Å². The zero-order chi connectivity index (χ0) is 13.1. The highest BCUT2D eigenvalue weighted by Crippen LogP contribution is 2.13. The summed E-state index contributed by atoms with van der Waals surface area (Å²) in [6, 6.07) is 14.0. The second-order valence-corrected chi connectivity index (χ2v) is 4.88. The standard InChI is InChI=1S/C17H18O/c1-12-4-7-15(8-5-12)11-17(18)16-9-6-13(2)14(3)10-16/h4-10H,11H2,1-3H3. The molecule has 0 saturated heterocycles. The molecule has 0 amide bonds. The van der Waals surface area contributed by atoms with Gasteiger partial charge in [0.15, 0.2) is 5.78 Å². The van der Waals surface area contributed by atoms with Gasteiger partial charge in [0, 0.05) is 12.0 Å². The molecule has 0 aromatic heterocycles.